The van der Waals surface area contributed by atoms with Gasteiger partial charge >= 0.3 is 0 Å². The number of hydrogen-bond donors (Lipinski definition) is 0. The zero-order chi connectivity index (χ0) is 5.28. The molecule has 0 aliphatic carbocycles. The second kappa shape index (κ2) is 1.33. The van der Waals surface area contributed by atoms with Crippen molar-refractivity contribution in [2.45, 2.75) is 0 Å². The minimum atomic E-state index is 0.500. The fraction of sp³-hybridized carbons (Fsp3) is 0.250. The van der Waals surface area contributed by atoms with Crippen molar-refractivity contribution in [1.82, 2.24) is 4.79 Å². The highest BCUT2D eigenvalue weighted by Gasteiger charge is 1.92. The van der Waals surface area contributed by atoms with Crippen LogP contribution in [-0.4, -0.2) is 4.79 Å². The minimum absolute atomic E-state index is 0.500. The van der Waals surface area contributed by atoms with Crippen molar-refractivity contribution < 1.29 is 9.05 Å². The molecule has 0 radical (unpaired) electrons. The fourth-order valence-corrected chi connectivity index (χ4v) is 0.420. The van der Waals surface area contributed by atoms with E-state index >= 15 is 0 Å². The Bertz CT molecular complexity index is 142. The molecule has 1 heterocycles. The van der Waals surface area contributed by atoms with Gasteiger partial charge in [-0.1, -0.05) is 0 Å². The monoisotopic (exact) mass is 101 g/mol. The number of rotatable bonds is 0. The van der Waals surface area contributed by atoms with Crippen molar-refractivity contribution in [2.75, 3.05) is 0 Å². The topological polar surface area (TPSA) is 8.81 Å². The number of aromatic nitrogens is 2. The number of hydrogen-bond acceptors (Lipinski definition) is 0. The van der Waals surface area contributed by atoms with Crippen LogP contribution in [0.2, 0.25) is 0 Å². The van der Waals surface area contributed by atoms with Gasteiger partial charge in [0.15, 0.2) is 6.20 Å². The van der Waals surface area contributed by atoms with Gasteiger partial charge in [0.25, 0.3) is 6.33 Å². The van der Waals surface area contributed by atoms with Crippen LogP contribution in [0.15, 0.2) is 18.7 Å². The largest absolute Gasteiger partial charge is 0.280 e. The molecule has 0 aliphatic heterocycles. The second-order valence-electron chi connectivity index (χ2n) is 1.42. The average molecular weight is 101 g/mol. The molecule has 3 heteroatoms. The molecule has 0 saturated heterocycles. The lowest BCUT2D eigenvalue weighted by molar-refractivity contribution is -0.671. The number of halogens is 1. The van der Waals surface area contributed by atoms with E-state index in [1.54, 1.807) is 17.8 Å². The van der Waals surface area contributed by atoms with Crippen LogP contribution in [0.5, 0.6) is 0 Å². The third kappa shape index (κ3) is 0.765. The molecule has 1 aromatic heterocycles. The fourth-order valence-electron chi connectivity index (χ4n) is 0.420. The first-order valence-corrected chi connectivity index (χ1v) is 1.98. The van der Waals surface area contributed by atoms with Gasteiger partial charge in [-0.3, -0.25) is 0 Å². The summed E-state index contributed by atoms with van der Waals surface area (Å²) in [7, 11) is 1.76. The zero-order valence-corrected chi connectivity index (χ0v) is 4.00. The maximum atomic E-state index is 11.8. The van der Waals surface area contributed by atoms with Crippen LogP contribution in [0, 0.1) is 0 Å². The van der Waals surface area contributed by atoms with E-state index < -0.39 is 0 Å². The number of aryl methyl sites for hydroxylation is 1. The molecule has 0 fully saturated rings. The third-order valence-corrected chi connectivity index (χ3v) is 0.737. The Morgan fingerprint density at radius 2 is 2.43 bits per heavy atom. The number of nitrogens with zero attached hydrogens (tertiary/aromatic N) is 2. The van der Waals surface area contributed by atoms with Gasteiger partial charge in [0.05, 0.1) is 7.05 Å². The summed E-state index contributed by atoms with van der Waals surface area (Å²) in [4.78, 5) is 0.500. The lowest BCUT2D eigenvalue weighted by atomic mass is 10.9. The molecule has 0 amide bonds. The van der Waals surface area contributed by atoms with Crippen LogP contribution < -0.4 is 4.57 Å². The average Bonchev–Trinajstić information content (AvgIpc) is 1.87. The van der Waals surface area contributed by atoms with Gasteiger partial charge in [0, 0.05) is 4.48 Å². The van der Waals surface area contributed by atoms with E-state index in [0.717, 1.165) is 0 Å². The predicted octanol–water partition coefficient (Wildman–Crippen LogP) is 0.0452. The SMILES string of the molecule is C[n+]1ccn(F)c1. The Hall–Kier alpha value is -0.860. The summed E-state index contributed by atoms with van der Waals surface area (Å²) in [5.41, 5.74) is 0. The first kappa shape index (κ1) is 4.30. The molecule has 0 bridgehead atoms. The van der Waals surface area contributed by atoms with Gasteiger partial charge in [-0.25, -0.2) is 4.57 Å². The van der Waals surface area contributed by atoms with Gasteiger partial charge in [0.2, 0.25) is 0 Å². The van der Waals surface area contributed by atoms with Crippen LogP contribution in [0.4, 0.5) is 4.48 Å². The lowest BCUT2D eigenvalue weighted by Gasteiger charge is -1.68. The van der Waals surface area contributed by atoms with Crippen molar-refractivity contribution in [3.8, 4) is 0 Å². The van der Waals surface area contributed by atoms with E-state index in [9.17, 15) is 4.48 Å². The van der Waals surface area contributed by atoms with E-state index in [1.165, 1.54) is 12.5 Å². The smallest absolute Gasteiger partial charge is 0.237 e. The highest BCUT2D eigenvalue weighted by atomic mass is 19.2. The molecule has 0 saturated carbocycles. The Morgan fingerprint density at radius 3 is 2.57 bits per heavy atom. The van der Waals surface area contributed by atoms with Crippen molar-refractivity contribution in [2.24, 2.45) is 7.05 Å². The summed E-state index contributed by atoms with van der Waals surface area (Å²) in [6.45, 7) is 0. The Kier molecular flexibility index (Phi) is 0.817. The van der Waals surface area contributed by atoms with Crippen molar-refractivity contribution in [3.63, 3.8) is 0 Å². The molecule has 2 nitrogen and oxygen atoms in total. The standard InChI is InChI=1S/C4H6FN2/c1-6-2-3-7(5)4-6/h2-4H,1H3/q+1. The maximum Gasteiger partial charge on any atom is 0.280 e. The highest BCUT2D eigenvalue weighted by Crippen LogP contribution is 1.76. The van der Waals surface area contributed by atoms with Crippen LogP contribution in [0.3, 0.4) is 0 Å². The van der Waals surface area contributed by atoms with Crippen molar-refractivity contribution in [3.05, 3.63) is 18.7 Å². The van der Waals surface area contributed by atoms with Crippen molar-refractivity contribution >= 4 is 0 Å². The molecule has 7 heavy (non-hydrogen) atoms. The van der Waals surface area contributed by atoms with Crippen LogP contribution >= 0.6 is 0 Å². The Morgan fingerprint density at radius 1 is 1.71 bits per heavy atom. The molecular weight excluding hydrogens is 95.1 g/mol. The second-order valence-corrected chi connectivity index (χ2v) is 1.42. The van der Waals surface area contributed by atoms with Crippen LogP contribution in [0.25, 0.3) is 0 Å². The highest BCUT2D eigenvalue weighted by molar-refractivity contribution is 4.58. The molecule has 1 rings (SSSR count). The molecule has 38 valence electrons. The lowest BCUT2D eigenvalue weighted by Crippen LogP contribution is -2.23. The van der Waals surface area contributed by atoms with E-state index in [0.29, 0.717) is 4.79 Å². The van der Waals surface area contributed by atoms with Gasteiger partial charge in [-0.05, 0) is 4.79 Å². The molecule has 1 aromatic rings. The molecular formula is C4H6FN2+. The molecule has 0 N–H and O–H groups in total. The normalized spacial score (nSPS) is 9.43. The van der Waals surface area contributed by atoms with E-state index in [-0.39, 0.29) is 0 Å². The molecule has 0 aliphatic rings. The van der Waals surface area contributed by atoms with Crippen molar-refractivity contribution in [1.29, 1.82) is 0 Å². The Balaban J connectivity index is 3.04. The maximum absolute atomic E-state index is 11.8. The quantitative estimate of drug-likeness (QED) is 0.408. The van der Waals surface area contributed by atoms with Gasteiger partial charge in [-0.2, -0.15) is 0 Å². The van der Waals surface area contributed by atoms with Gasteiger partial charge < -0.3 is 0 Å². The summed E-state index contributed by atoms with van der Waals surface area (Å²) in [5.74, 6) is 0. The molecule has 0 aromatic carbocycles. The summed E-state index contributed by atoms with van der Waals surface area (Å²) in [6.07, 6.45) is 4.29. The van der Waals surface area contributed by atoms with Gasteiger partial charge in [0.1, 0.15) is 6.20 Å². The zero-order valence-electron chi connectivity index (χ0n) is 4.00. The summed E-state index contributed by atoms with van der Waals surface area (Å²) in [5, 5.41) is 0. The third-order valence-electron chi connectivity index (χ3n) is 0.737. The Labute approximate surface area is 40.7 Å². The summed E-state index contributed by atoms with van der Waals surface area (Å²) < 4.78 is 13.4. The van der Waals surface area contributed by atoms with Crippen LogP contribution in [0.1, 0.15) is 0 Å². The number of imidazole rings is 1. The summed E-state index contributed by atoms with van der Waals surface area (Å²) in [6, 6.07) is 0. The first-order valence-electron chi connectivity index (χ1n) is 1.98. The first-order chi connectivity index (χ1) is 3.29. The van der Waals surface area contributed by atoms with E-state index in [2.05, 4.69) is 0 Å². The predicted molar refractivity (Wildman–Crippen MR) is 22.1 cm³/mol. The summed E-state index contributed by atoms with van der Waals surface area (Å²) >= 11 is 0. The molecule has 0 unspecified atom stereocenters. The van der Waals surface area contributed by atoms with E-state index in [4.69, 9.17) is 0 Å². The van der Waals surface area contributed by atoms with Gasteiger partial charge in [-0.15, -0.1) is 0 Å². The molecule has 0 spiro atoms. The van der Waals surface area contributed by atoms with E-state index in [1.807, 2.05) is 0 Å². The van der Waals surface area contributed by atoms with Crippen LogP contribution in [-0.2, 0) is 7.05 Å². The molecule has 0 atom stereocenters. The minimum Gasteiger partial charge on any atom is -0.237 e.